The molecular weight excluding hydrogens is 423 g/mol. The van der Waals surface area contributed by atoms with Crippen LogP contribution in [0.15, 0.2) is 41.2 Å². The highest BCUT2D eigenvalue weighted by atomic mass is 19.4. The SMILES string of the molecule is CC[C@H](C(=O)Nc1ccc(C(C)=O)cc1)n1c(=O)c(C(F)(F)F)nc2cc(C)c(C)cc21. The van der Waals surface area contributed by atoms with Gasteiger partial charge in [0.2, 0.25) is 11.6 Å². The van der Waals surface area contributed by atoms with Crippen molar-refractivity contribution in [2.75, 3.05) is 5.32 Å². The molecule has 3 rings (SSSR count). The number of carbonyl (C=O) groups excluding carboxylic acids is 2. The first kappa shape index (κ1) is 23.2. The molecule has 0 aliphatic rings. The first-order valence-electron chi connectivity index (χ1n) is 9.96. The Hall–Kier alpha value is -3.49. The van der Waals surface area contributed by atoms with Gasteiger partial charge in [0.1, 0.15) is 6.04 Å². The van der Waals surface area contributed by atoms with Gasteiger partial charge in [0, 0.05) is 11.3 Å². The number of amides is 1. The van der Waals surface area contributed by atoms with Crippen LogP contribution in [0.2, 0.25) is 0 Å². The first-order chi connectivity index (χ1) is 14.9. The van der Waals surface area contributed by atoms with Gasteiger partial charge < -0.3 is 5.32 Å². The first-order valence-corrected chi connectivity index (χ1v) is 9.96. The number of alkyl halides is 3. The van der Waals surface area contributed by atoms with E-state index < -0.39 is 29.4 Å². The number of ketones is 1. The van der Waals surface area contributed by atoms with Crippen LogP contribution in [-0.2, 0) is 11.0 Å². The number of halogens is 3. The summed E-state index contributed by atoms with van der Waals surface area (Å²) in [4.78, 5) is 40.9. The monoisotopic (exact) mass is 445 g/mol. The Labute approximate surface area is 182 Å². The molecule has 32 heavy (non-hydrogen) atoms. The number of rotatable bonds is 5. The number of benzene rings is 2. The van der Waals surface area contributed by atoms with Crippen LogP contribution in [0.25, 0.3) is 11.0 Å². The molecular formula is C23H22F3N3O3. The van der Waals surface area contributed by atoms with Crippen molar-refractivity contribution in [1.82, 2.24) is 9.55 Å². The average molecular weight is 445 g/mol. The standard InChI is InChI=1S/C23H22F3N3O3/c1-5-18(21(31)27-16-8-6-15(7-9-16)14(4)30)29-19-11-13(3)12(2)10-17(19)28-20(22(29)32)23(24,25)26/h6-11,18H,5H2,1-4H3,(H,27,31)/t18-/m1/s1. The molecule has 1 heterocycles. The largest absolute Gasteiger partial charge is 0.438 e. The predicted molar refractivity (Wildman–Crippen MR) is 115 cm³/mol. The lowest BCUT2D eigenvalue weighted by molar-refractivity contribution is -0.142. The molecule has 0 saturated heterocycles. The fourth-order valence-electron chi connectivity index (χ4n) is 3.45. The number of aromatic nitrogens is 2. The van der Waals surface area contributed by atoms with Gasteiger partial charge in [-0.05, 0) is 74.7 Å². The maximum Gasteiger partial charge on any atom is 0.438 e. The quantitative estimate of drug-likeness (QED) is 0.571. The number of nitrogens with zero attached hydrogens (tertiary/aromatic N) is 2. The smallest absolute Gasteiger partial charge is 0.324 e. The van der Waals surface area contributed by atoms with Gasteiger partial charge in [0.05, 0.1) is 11.0 Å². The van der Waals surface area contributed by atoms with Crippen molar-refractivity contribution in [2.24, 2.45) is 0 Å². The lowest BCUT2D eigenvalue weighted by Crippen LogP contribution is -2.37. The molecule has 0 unspecified atom stereocenters. The molecule has 0 spiro atoms. The summed E-state index contributed by atoms with van der Waals surface area (Å²) in [7, 11) is 0. The fourth-order valence-corrected chi connectivity index (χ4v) is 3.45. The van der Waals surface area contributed by atoms with Crippen LogP contribution in [0.1, 0.15) is 53.5 Å². The molecule has 2 aromatic carbocycles. The van der Waals surface area contributed by atoms with E-state index in [1.54, 1.807) is 26.8 Å². The molecule has 0 aliphatic heterocycles. The van der Waals surface area contributed by atoms with E-state index in [1.165, 1.54) is 37.3 Å². The van der Waals surface area contributed by atoms with E-state index in [0.717, 1.165) is 10.1 Å². The number of fused-ring (bicyclic) bond motifs is 1. The molecule has 9 heteroatoms. The van der Waals surface area contributed by atoms with Crippen LogP contribution in [0, 0.1) is 13.8 Å². The number of Topliss-reactive ketones (excluding diaryl/α,β-unsaturated/α-hetero) is 1. The fraction of sp³-hybridized carbons (Fsp3) is 0.304. The maximum atomic E-state index is 13.6. The van der Waals surface area contributed by atoms with Crippen molar-refractivity contribution in [3.8, 4) is 0 Å². The zero-order valence-corrected chi connectivity index (χ0v) is 18.0. The molecule has 3 aromatic rings. The van der Waals surface area contributed by atoms with Gasteiger partial charge in [0.15, 0.2) is 5.78 Å². The lowest BCUT2D eigenvalue weighted by atomic mass is 10.1. The summed E-state index contributed by atoms with van der Waals surface area (Å²) >= 11 is 0. The molecule has 0 aliphatic carbocycles. The van der Waals surface area contributed by atoms with Gasteiger partial charge in [-0.15, -0.1) is 0 Å². The Morgan fingerprint density at radius 3 is 2.22 bits per heavy atom. The van der Waals surface area contributed by atoms with E-state index in [9.17, 15) is 27.6 Å². The van der Waals surface area contributed by atoms with E-state index in [0.29, 0.717) is 16.8 Å². The summed E-state index contributed by atoms with van der Waals surface area (Å²) < 4.78 is 41.5. The molecule has 6 nitrogen and oxygen atoms in total. The predicted octanol–water partition coefficient (Wildman–Crippen LogP) is 4.82. The summed E-state index contributed by atoms with van der Waals surface area (Å²) in [6.45, 7) is 6.51. The van der Waals surface area contributed by atoms with Gasteiger partial charge in [-0.3, -0.25) is 19.0 Å². The van der Waals surface area contributed by atoms with Crippen molar-refractivity contribution in [3.63, 3.8) is 0 Å². The summed E-state index contributed by atoms with van der Waals surface area (Å²) in [6, 6.07) is 7.93. The Bertz CT molecular complexity index is 1260. The van der Waals surface area contributed by atoms with E-state index in [4.69, 9.17) is 0 Å². The summed E-state index contributed by atoms with van der Waals surface area (Å²) in [5.74, 6) is -0.793. The van der Waals surface area contributed by atoms with E-state index in [-0.39, 0.29) is 23.2 Å². The van der Waals surface area contributed by atoms with Crippen LogP contribution in [0.3, 0.4) is 0 Å². The van der Waals surface area contributed by atoms with Crippen LogP contribution < -0.4 is 10.9 Å². The molecule has 1 atom stereocenters. The number of aryl methyl sites for hydroxylation is 2. The highest BCUT2D eigenvalue weighted by Crippen LogP contribution is 2.29. The summed E-state index contributed by atoms with van der Waals surface area (Å²) in [5, 5.41) is 2.62. The number of hydrogen-bond acceptors (Lipinski definition) is 4. The van der Waals surface area contributed by atoms with Gasteiger partial charge in [-0.1, -0.05) is 6.92 Å². The highest BCUT2D eigenvalue weighted by molar-refractivity contribution is 5.97. The van der Waals surface area contributed by atoms with Crippen LogP contribution >= 0.6 is 0 Å². The van der Waals surface area contributed by atoms with Gasteiger partial charge in [-0.25, -0.2) is 4.98 Å². The molecule has 0 fully saturated rings. The molecule has 0 saturated carbocycles. The second-order valence-corrected chi connectivity index (χ2v) is 7.61. The van der Waals surface area contributed by atoms with E-state index in [1.807, 2.05) is 0 Å². The van der Waals surface area contributed by atoms with E-state index >= 15 is 0 Å². The highest BCUT2D eigenvalue weighted by Gasteiger charge is 2.38. The molecule has 0 bridgehead atoms. The van der Waals surface area contributed by atoms with Crippen molar-refractivity contribution >= 4 is 28.4 Å². The van der Waals surface area contributed by atoms with E-state index in [2.05, 4.69) is 10.3 Å². The molecule has 1 N–H and O–H groups in total. The molecule has 0 radical (unpaired) electrons. The Morgan fingerprint density at radius 2 is 1.69 bits per heavy atom. The lowest BCUT2D eigenvalue weighted by Gasteiger charge is -2.22. The van der Waals surface area contributed by atoms with Gasteiger partial charge >= 0.3 is 6.18 Å². The van der Waals surface area contributed by atoms with Crippen molar-refractivity contribution < 1.29 is 22.8 Å². The Balaban J connectivity index is 2.14. The number of carbonyl (C=O) groups is 2. The zero-order chi connectivity index (χ0) is 23.8. The van der Waals surface area contributed by atoms with Crippen molar-refractivity contribution in [1.29, 1.82) is 0 Å². The third-order valence-corrected chi connectivity index (χ3v) is 5.33. The van der Waals surface area contributed by atoms with Crippen molar-refractivity contribution in [3.05, 3.63) is 69.1 Å². The minimum absolute atomic E-state index is 0.0166. The van der Waals surface area contributed by atoms with Gasteiger partial charge in [0.25, 0.3) is 5.56 Å². The summed E-state index contributed by atoms with van der Waals surface area (Å²) in [6.07, 6.45) is -4.90. The average Bonchev–Trinajstić information content (AvgIpc) is 2.71. The second kappa shape index (κ2) is 8.57. The zero-order valence-electron chi connectivity index (χ0n) is 18.0. The third-order valence-electron chi connectivity index (χ3n) is 5.33. The molecule has 1 amide bonds. The summed E-state index contributed by atoms with van der Waals surface area (Å²) in [5.41, 5.74) is -0.529. The third kappa shape index (κ3) is 4.42. The van der Waals surface area contributed by atoms with Crippen LogP contribution in [-0.4, -0.2) is 21.2 Å². The minimum atomic E-state index is -4.97. The van der Waals surface area contributed by atoms with Crippen molar-refractivity contribution in [2.45, 2.75) is 46.3 Å². The maximum absolute atomic E-state index is 13.6. The van der Waals surface area contributed by atoms with Gasteiger partial charge in [-0.2, -0.15) is 13.2 Å². The molecule has 1 aromatic heterocycles. The normalized spacial score (nSPS) is 12.6. The molecule has 168 valence electrons. The second-order valence-electron chi connectivity index (χ2n) is 7.61. The minimum Gasteiger partial charge on any atom is -0.324 e. The Morgan fingerprint density at radius 1 is 1.09 bits per heavy atom. The number of anilines is 1. The topological polar surface area (TPSA) is 81.1 Å². The van der Waals surface area contributed by atoms with Crippen LogP contribution in [0.5, 0.6) is 0 Å². The number of nitrogens with one attached hydrogen (secondary N) is 1. The Kier molecular flexibility index (Phi) is 6.20. The van der Waals surface area contributed by atoms with Crippen LogP contribution in [0.4, 0.5) is 18.9 Å². The number of hydrogen-bond donors (Lipinski definition) is 1.